The normalized spacial score (nSPS) is 16.0. The average Bonchev–Trinajstić information content (AvgIpc) is 3.17. The van der Waals surface area contributed by atoms with Crippen LogP contribution >= 0.6 is 0 Å². The third-order valence-electron chi connectivity index (χ3n) is 3.61. The van der Waals surface area contributed by atoms with E-state index < -0.39 is 0 Å². The van der Waals surface area contributed by atoms with Gasteiger partial charge in [-0.15, -0.1) is 5.10 Å². The fourth-order valence-electron chi connectivity index (χ4n) is 2.47. The van der Waals surface area contributed by atoms with Gasteiger partial charge in [0.15, 0.2) is 0 Å². The highest BCUT2D eigenvalue weighted by atomic mass is 16.1. The smallest absolute Gasteiger partial charge is 0.226 e. The number of carbonyl (C=O) groups is 1. The van der Waals surface area contributed by atoms with Crippen molar-refractivity contribution >= 4 is 11.6 Å². The van der Waals surface area contributed by atoms with E-state index in [0.717, 1.165) is 31.6 Å². The largest absolute Gasteiger partial charge is 0.323 e. The minimum Gasteiger partial charge on any atom is -0.323 e. The molecule has 0 unspecified atom stereocenters. The molecule has 8 heteroatoms. The highest BCUT2D eigenvalue weighted by Gasteiger charge is 2.16. The van der Waals surface area contributed by atoms with Crippen LogP contribution in [0.4, 0.5) is 5.69 Å². The number of nitrogens with zero attached hydrogens (tertiary/aromatic N) is 5. The molecule has 1 amide bonds. The van der Waals surface area contributed by atoms with Crippen molar-refractivity contribution in [2.24, 2.45) is 0 Å². The number of amides is 1. The molecule has 0 saturated carbocycles. The summed E-state index contributed by atoms with van der Waals surface area (Å²) in [4.78, 5) is 11.9. The summed E-state index contributed by atoms with van der Waals surface area (Å²) in [6, 6.07) is 0.423. The summed E-state index contributed by atoms with van der Waals surface area (Å²) in [6.45, 7) is 2.56. The second kappa shape index (κ2) is 6.49. The van der Waals surface area contributed by atoms with Crippen molar-refractivity contribution in [1.29, 1.82) is 0 Å². The molecule has 1 saturated heterocycles. The fourth-order valence-corrected chi connectivity index (χ4v) is 2.47. The third-order valence-corrected chi connectivity index (χ3v) is 3.61. The van der Waals surface area contributed by atoms with Crippen LogP contribution in [0.25, 0.3) is 0 Å². The molecule has 0 aliphatic carbocycles. The molecule has 2 N–H and O–H groups in total. The van der Waals surface area contributed by atoms with Crippen LogP contribution in [0.2, 0.25) is 0 Å². The number of nitrogens with one attached hydrogen (secondary N) is 2. The van der Waals surface area contributed by atoms with Gasteiger partial charge in [-0.2, -0.15) is 5.10 Å². The zero-order chi connectivity index (χ0) is 14.5. The van der Waals surface area contributed by atoms with Crippen molar-refractivity contribution in [3.05, 3.63) is 24.8 Å². The van der Waals surface area contributed by atoms with Crippen LogP contribution in [-0.4, -0.2) is 43.8 Å². The molecule has 1 aliphatic heterocycles. The van der Waals surface area contributed by atoms with Crippen molar-refractivity contribution in [2.45, 2.75) is 31.8 Å². The van der Waals surface area contributed by atoms with Crippen LogP contribution in [0.5, 0.6) is 0 Å². The van der Waals surface area contributed by atoms with Gasteiger partial charge in [0.05, 0.1) is 30.7 Å². The molecule has 112 valence electrons. The molecule has 2 aromatic rings. The Hall–Kier alpha value is -2.22. The molecular weight excluding hydrogens is 270 g/mol. The molecule has 3 heterocycles. The van der Waals surface area contributed by atoms with Crippen molar-refractivity contribution in [2.75, 3.05) is 18.4 Å². The number of hydrogen-bond donors (Lipinski definition) is 2. The summed E-state index contributed by atoms with van der Waals surface area (Å²) in [6.07, 6.45) is 9.45. The topological polar surface area (TPSA) is 89.7 Å². The molecular formula is C13H19N7O. The first-order valence-corrected chi connectivity index (χ1v) is 7.20. The molecule has 0 bridgehead atoms. The summed E-state index contributed by atoms with van der Waals surface area (Å²) in [7, 11) is 0. The Labute approximate surface area is 122 Å². The van der Waals surface area contributed by atoms with E-state index in [1.165, 1.54) is 0 Å². The van der Waals surface area contributed by atoms with Crippen LogP contribution in [0, 0.1) is 0 Å². The summed E-state index contributed by atoms with van der Waals surface area (Å²) in [5.41, 5.74) is 0.747. The molecule has 21 heavy (non-hydrogen) atoms. The fraction of sp³-hybridized carbons (Fsp3) is 0.538. The predicted molar refractivity (Wildman–Crippen MR) is 76.6 cm³/mol. The van der Waals surface area contributed by atoms with Crippen LogP contribution in [-0.2, 0) is 11.3 Å². The first-order chi connectivity index (χ1) is 10.3. The van der Waals surface area contributed by atoms with Gasteiger partial charge in [-0.05, 0) is 25.9 Å². The van der Waals surface area contributed by atoms with Gasteiger partial charge in [0.25, 0.3) is 0 Å². The van der Waals surface area contributed by atoms with Crippen molar-refractivity contribution in [1.82, 2.24) is 30.1 Å². The van der Waals surface area contributed by atoms with E-state index in [4.69, 9.17) is 0 Å². The summed E-state index contributed by atoms with van der Waals surface area (Å²) >= 11 is 0. The lowest BCUT2D eigenvalue weighted by Crippen LogP contribution is -2.29. The first-order valence-electron chi connectivity index (χ1n) is 7.20. The quantitative estimate of drug-likeness (QED) is 0.833. The van der Waals surface area contributed by atoms with Gasteiger partial charge >= 0.3 is 0 Å². The number of carbonyl (C=O) groups excluding carboxylic acids is 1. The lowest BCUT2D eigenvalue weighted by molar-refractivity contribution is -0.116. The Morgan fingerprint density at radius 1 is 1.43 bits per heavy atom. The van der Waals surface area contributed by atoms with Gasteiger partial charge in [0.2, 0.25) is 5.91 Å². The lowest BCUT2D eigenvalue weighted by atomic mass is 10.1. The Morgan fingerprint density at radius 3 is 3.05 bits per heavy atom. The molecule has 0 atom stereocenters. The van der Waals surface area contributed by atoms with Gasteiger partial charge in [0, 0.05) is 18.8 Å². The maximum Gasteiger partial charge on any atom is 0.226 e. The number of hydrogen-bond acceptors (Lipinski definition) is 5. The van der Waals surface area contributed by atoms with E-state index >= 15 is 0 Å². The van der Waals surface area contributed by atoms with Gasteiger partial charge in [-0.3, -0.25) is 14.2 Å². The summed E-state index contributed by atoms with van der Waals surface area (Å²) in [5.74, 6) is -0.0460. The number of anilines is 1. The van der Waals surface area contributed by atoms with E-state index in [1.54, 1.807) is 23.3 Å². The standard InChI is InChI=1S/C13H19N7O/c21-13(3-7-19-8-6-15-18-19)17-11-9-16-20(10-11)12-1-4-14-5-2-12/h6,8-10,12,14H,1-5,7H2,(H,17,21). The monoisotopic (exact) mass is 289 g/mol. The molecule has 8 nitrogen and oxygen atoms in total. The zero-order valence-electron chi connectivity index (χ0n) is 11.8. The molecule has 0 aromatic carbocycles. The molecule has 0 spiro atoms. The van der Waals surface area contributed by atoms with E-state index in [2.05, 4.69) is 26.0 Å². The first kappa shape index (κ1) is 13.7. The van der Waals surface area contributed by atoms with Crippen LogP contribution in [0.3, 0.4) is 0 Å². The Morgan fingerprint density at radius 2 is 2.29 bits per heavy atom. The second-order valence-corrected chi connectivity index (χ2v) is 5.15. The van der Waals surface area contributed by atoms with Crippen molar-refractivity contribution in [3.63, 3.8) is 0 Å². The molecule has 3 rings (SSSR count). The zero-order valence-corrected chi connectivity index (χ0v) is 11.8. The number of rotatable bonds is 5. The van der Waals surface area contributed by atoms with Crippen LogP contribution in [0.1, 0.15) is 25.3 Å². The van der Waals surface area contributed by atoms with Crippen LogP contribution < -0.4 is 10.6 Å². The number of aryl methyl sites for hydroxylation is 1. The van der Waals surface area contributed by atoms with Crippen LogP contribution in [0.15, 0.2) is 24.8 Å². The van der Waals surface area contributed by atoms with E-state index in [0.29, 0.717) is 19.0 Å². The van der Waals surface area contributed by atoms with Gasteiger partial charge in [0.1, 0.15) is 0 Å². The predicted octanol–water partition coefficient (Wildman–Crippen LogP) is 0.428. The van der Waals surface area contributed by atoms with Gasteiger partial charge in [-0.25, -0.2) is 0 Å². The maximum absolute atomic E-state index is 11.9. The molecule has 1 fully saturated rings. The summed E-state index contributed by atoms with van der Waals surface area (Å²) in [5, 5.41) is 18.1. The second-order valence-electron chi connectivity index (χ2n) is 5.15. The Bertz CT molecular complexity index is 571. The highest BCUT2D eigenvalue weighted by Crippen LogP contribution is 2.19. The Balaban J connectivity index is 1.50. The average molecular weight is 289 g/mol. The van der Waals surface area contributed by atoms with E-state index in [9.17, 15) is 4.79 Å². The molecule has 2 aromatic heterocycles. The number of aromatic nitrogens is 5. The van der Waals surface area contributed by atoms with E-state index in [-0.39, 0.29) is 5.91 Å². The third kappa shape index (κ3) is 3.66. The molecule has 0 radical (unpaired) electrons. The maximum atomic E-state index is 11.9. The minimum atomic E-state index is -0.0460. The SMILES string of the molecule is O=C(CCn1ccnn1)Nc1cnn(C2CCNCC2)c1. The number of piperidine rings is 1. The van der Waals surface area contributed by atoms with Gasteiger partial charge < -0.3 is 10.6 Å². The molecule has 1 aliphatic rings. The van der Waals surface area contributed by atoms with Crippen molar-refractivity contribution < 1.29 is 4.79 Å². The lowest BCUT2D eigenvalue weighted by Gasteiger charge is -2.22. The van der Waals surface area contributed by atoms with Crippen molar-refractivity contribution in [3.8, 4) is 0 Å². The minimum absolute atomic E-state index is 0.0460. The highest BCUT2D eigenvalue weighted by molar-refractivity contribution is 5.90. The Kier molecular flexibility index (Phi) is 4.25. The van der Waals surface area contributed by atoms with Gasteiger partial charge in [-0.1, -0.05) is 5.21 Å². The summed E-state index contributed by atoms with van der Waals surface area (Å²) < 4.78 is 3.59. The van der Waals surface area contributed by atoms with E-state index in [1.807, 2.05) is 10.9 Å².